The van der Waals surface area contributed by atoms with Crippen LogP contribution < -0.4 is 10.2 Å². The third kappa shape index (κ3) is 3.53. The molecule has 1 saturated heterocycles. The van der Waals surface area contributed by atoms with Gasteiger partial charge in [0, 0.05) is 36.9 Å². The number of nitrogens with zero attached hydrogens (tertiary/aromatic N) is 1. The SMILES string of the molecule is FC(F)(F)Cc1cc(N2CCNCC2)ccc1Cl. The van der Waals surface area contributed by atoms with Gasteiger partial charge in [-0.15, -0.1) is 0 Å². The molecule has 0 amide bonds. The average Bonchev–Trinajstić information content (AvgIpc) is 2.31. The van der Waals surface area contributed by atoms with E-state index in [0.29, 0.717) is 0 Å². The van der Waals surface area contributed by atoms with Gasteiger partial charge in [0.25, 0.3) is 0 Å². The predicted octanol–water partition coefficient (Wildman–Crippen LogP) is 2.85. The summed E-state index contributed by atoms with van der Waals surface area (Å²) in [6.07, 6.45) is -5.21. The molecule has 1 fully saturated rings. The van der Waals surface area contributed by atoms with Crippen LogP contribution in [0.15, 0.2) is 18.2 Å². The first-order chi connectivity index (χ1) is 8.46. The summed E-state index contributed by atoms with van der Waals surface area (Å²) in [5, 5.41) is 3.37. The number of benzene rings is 1. The minimum absolute atomic E-state index is 0.139. The lowest BCUT2D eigenvalue weighted by Gasteiger charge is -2.30. The number of anilines is 1. The molecule has 100 valence electrons. The molecule has 0 bridgehead atoms. The highest BCUT2D eigenvalue weighted by Gasteiger charge is 2.29. The van der Waals surface area contributed by atoms with Crippen LogP contribution >= 0.6 is 11.6 Å². The first kappa shape index (κ1) is 13.5. The van der Waals surface area contributed by atoms with E-state index in [-0.39, 0.29) is 10.6 Å². The Labute approximate surface area is 109 Å². The molecule has 0 aliphatic carbocycles. The Morgan fingerprint density at radius 1 is 1.22 bits per heavy atom. The molecule has 0 radical (unpaired) electrons. The van der Waals surface area contributed by atoms with E-state index in [9.17, 15) is 13.2 Å². The molecule has 18 heavy (non-hydrogen) atoms. The molecular weight excluding hydrogens is 265 g/mol. The Hall–Kier alpha value is -0.940. The monoisotopic (exact) mass is 278 g/mol. The molecule has 1 aromatic rings. The number of piperazine rings is 1. The fourth-order valence-electron chi connectivity index (χ4n) is 2.03. The maximum Gasteiger partial charge on any atom is 0.393 e. The Morgan fingerprint density at radius 3 is 2.50 bits per heavy atom. The number of nitrogens with one attached hydrogen (secondary N) is 1. The largest absolute Gasteiger partial charge is 0.393 e. The summed E-state index contributed by atoms with van der Waals surface area (Å²) in [6.45, 7) is 3.29. The number of rotatable bonds is 2. The molecule has 6 heteroatoms. The van der Waals surface area contributed by atoms with Gasteiger partial charge in [0.05, 0.1) is 6.42 Å². The van der Waals surface area contributed by atoms with E-state index in [1.165, 1.54) is 0 Å². The van der Waals surface area contributed by atoms with Crippen LogP contribution in [0.1, 0.15) is 5.56 Å². The topological polar surface area (TPSA) is 15.3 Å². The fraction of sp³-hybridized carbons (Fsp3) is 0.500. The minimum atomic E-state index is -4.23. The quantitative estimate of drug-likeness (QED) is 0.895. The third-order valence-electron chi connectivity index (χ3n) is 2.90. The van der Waals surface area contributed by atoms with E-state index in [1.54, 1.807) is 18.2 Å². The van der Waals surface area contributed by atoms with Crippen LogP contribution in [-0.4, -0.2) is 32.4 Å². The van der Waals surface area contributed by atoms with Gasteiger partial charge >= 0.3 is 6.18 Å². The highest BCUT2D eigenvalue weighted by molar-refractivity contribution is 6.31. The molecule has 0 aromatic heterocycles. The van der Waals surface area contributed by atoms with Crippen LogP contribution in [0.2, 0.25) is 5.02 Å². The predicted molar refractivity (Wildman–Crippen MR) is 66.3 cm³/mol. The molecule has 0 spiro atoms. The highest BCUT2D eigenvalue weighted by Crippen LogP contribution is 2.29. The number of hydrogen-bond donors (Lipinski definition) is 1. The Bertz CT molecular complexity index is 414. The van der Waals surface area contributed by atoms with Crippen molar-refractivity contribution >= 4 is 17.3 Å². The molecular formula is C12H14ClF3N2. The van der Waals surface area contributed by atoms with E-state index in [4.69, 9.17) is 11.6 Å². The molecule has 1 aliphatic heterocycles. The zero-order valence-corrected chi connectivity index (χ0v) is 10.5. The first-order valence-corrected chi connectivity index (χ1v) is 6.14. The van der Waals surface area contributed by atoms with Crippen molar-refractivity contribution in [3.63, 3.8) is 0 Å². The highest BCUT2D eigenvalue weighted by atomic mass is 35.5. The summed E-state index contributed by atoms with van der Waals surface area (Å²) < 4.78 is 37.2. The zero-order chi connectivity index (χ0) is 13.2. The van der Waals surface area contributed by atoms with Gasteiger partial charge in [-0.05, 0) is 23.8 Å². The maximum atomic E-state index is 12.4. The van der Waals surface area contributed by atoms with Crippen molar-refractivity contribution in [2.45, 2.75) is 12.6 Å². The number of hydrogen-bond acceptors (Lipinski definition) is 2. The summed E-state index contributed by atoms with van der Waals surface area (Å²) in [6, 6.07) is 4.86. The van der Waals surface area contributed by atoms with E-state index < -0.39 is 12.6 Å². The van der Waals surface area contributed by atoms with Crippen LogP contribution in [0.4, 0.5) is 18.9 Å². The second kappa shape index (κ2) is 5.36. The van der Waals surface area contributed by atoms with Crippen molar-refractivity contribution in [1.29, 1.82) is 0 Å². The normalized spacial score (nSPS) is 17.0. The van der Waals surface area contributed by atoms with Crippen molar-refractivity contribution in [3.8, 4) is 0 Å². The zero-order valence-electron chi connectivity index (χ0n) is 9.73. The molecule has 1 aromatic carbocycles. The Morgan fingerprint density at radius 2 is 1.89 bits per heavy atom. The average molecular weight is 279 g/mol. The third-order valence-corrected chi connectivity index (χ3v) is 3.27. The summed E-state index contributed by atoms with van der Waals surface area (Å²) in [7, 11) is 0. The van der Waals surface area contributed by atoms with Crippen molar-refractivity contribution in [3.05, 3.63) is 28.8 Å². The van der Waals surface area contributed by atoms with Crippen LogP contribution in [0.3, 0.4) is 0 Å². The van der Waals surface area contributed by atoms with Crippen LogP contribution in [0.5, 0.6) is 0 Å². The van der Waals surface area contributed by atoms with Crippen molar-refractivity contribution in [1.82, 2.24) is 5.32 Å². The maximum absolute atomic E-state index is 12.4. The van der Waals surface area contributed by atoms with E-state index in [2.05, 4.69) is 10.2 Å². The molecule has 2 rings (SSSR count). The molecule has 2 nitrogen and oxygen atoms in total. The van der Waals surface area contributed by atoms with Gasteiger partial charge in [-0.3, -0.25) is 0 Å². The number of halogens is 4. The first-order valence-electron chi connectivity index (χ1n) is 5.76. The van der Waals surface area contributed by atoms with Gasteiger partial charge in [0.2, 0.25) is 0 Å². The van der Waals surface area contributed by atoms with Crippen LogP contribution in [-0.2, 0) is 6.42 Å². The molecule has 0 atom stereocenters. The molecule has 1 N–H and O–H groups in total. The van der Waals surface area contributed by atoms with Crippen LogP contribution in [0, 0.1) is 0 Å². The lowest BCUT2D eigenvalue weighted by atomic mass is 10.1. The van der Waals surface area contributed by atoms with E-state index in [0.717, 1.165) is 31.9 Å². The van der Waals surface area contributed by atoms with Gasteiger partial charge in [0.1, 0.15) is 0 Å². The lowest BCUT2D eigenvalue weighted by molar-refractivity contribution is -0.127. The Balaban J connectivity index is 2.19. The Kier molecular flexibility index (Phi) is 4.02. The van der Waals surface area contributed by atoms with E-state index in [1.807, 2.05) is 0 Å². The fourth-order valence-corrected chi connectivity index (χ4v) is 2.22. The molecule has 1 heterocycles. The lowest BCUT2D eigenvalue weighted by Crippen LogP contribution is -2.43. The van der Waals surface area contributed by atoms with Gasteiger partial charge < -0.3 is 10.2 Å². The van der Waals surface area contributed by atoms with Gasteiger partial charge in [-0.1, -0.05) is 11.6 Å². The van der Waals surface area contributed by atoms with Crippen LogP contribution in [0.25, 0.3) is 0 Å². The second-order valence-electron chi connectivity index (χ2n) is 4.30. The summed E-state index contributed by atoms with van der Waals surface area (Å²) >= 11 is 5.81. The van der Waals surface area contributed by atoms with Gasteiger partial charge in [0.15, 0.2) is 0 Å². The molecule has 1 aliphatic rings. The van der Waals surface area contributed by atoms with Crippen molar-refractivity contribution in [2.24, 2.45) is 0 Å². The summed E-state index contributed by atoms with van der Waals surface area (Å²) in [5.41, 5.74) is 0.945. The van der Waals surface area contributed by atoms with Gasteiger partial charge in [-0.2, -0.15) is 13.2 Å². The second-order valence-corrected chi connectivity index (χ2v) is 4.71. The molecule has 0 unspecified atom stereocenters. The van der Waals surface area contributed by atoms with Crippen molar-refractivity contribution in [2.75, 3.05) is 31.1 Å². The minimum Gasteiger partial charge on any atom is -0.369 e. The smallest absolute Gasteiger partial charge is 0.369 e. The number of alkyl halides is 3. The summed E-state index contributed by atoms with van der Waals surface area (Å²) in [4.78, 5) is 2.06. The standard InChI is InChI=1S/C12H14ClF3N2/c13-11-2-1-10(18-5-3-17-4-6-18)7-9(11)8-12(14,15)16/h1-2,7,17H,3-6,8H2. The summed E-state index contributed by atoms with van der Waals surface area (Å²) in [5.74, 6) is 0. The van der Waals surface area contributed by atoms with Gasteiger partial charge in [-0.25, -0.2) is 0 Å². The molecule has 0 saturated carbocycles. The van der Waals surface area contributed by atoms with E-state index >= 15 is 0 Å². The van der Waals surface area contributed by atoms with Crippen molar-refractivity contribution < 1.29 is 13.2 Å².